The van der Waals surface area contributed by atoms with E-state index in [4.69, 9.17) is 5.26 Å². The third kappa shape index (κ3) is 3.75. The molecule has 0 atom stereocenters. The highest BCUT2D eigenvalue weighted by Gasteiger charge is 2.15. The number of benzene rings is 2. The van der Waals surface area contributed by atoms with Crippen LogP contribution in [0, 0.1) is 11.3 Å². The van der Waals surface area contributed by atoms with Gasteiger partial charge >= 0.3 is 0 Å². The molecule has 0 amide bonds. The van der Waals surface area contributed by atoms with Gasteiger partial charge in [0, 0.05) is 6.04 Å². The number of hydrogen-bond donors (Lipinski definition) is 1. The van der Waals surface area contributed by atoms with Crippen molar-refractivity contribution < 1.29 is 0 Å². The van der Waals surface area contributed by atoms with E-state index < -0.39 is 0 Å². The highest BCUT2D eigenvalue weighted by Crippen LogP contribution is 2.21. The highest BCUT2D eigenvalue weighted by molar-refractivity contribution is 5.65. The lowest BCUT2D eigenvalue weighted by atomic mass is 9.93. The molecule has 1 saturated carbocycles. The monoisotopic (exact) mass is 290 g/mol. The molecule has 2 heteroatoms. The summed E-state index contributed by atoms with van der Waals surface area (Å²) in [6.45, 7) is 1.12. The number of nitrogens with one attached hydrogen (secondary N) is 1. The van der Waals surface area contributed by atoms with Crippen molar-refractivity contribution in [1.82, 2.24) is 5.32 Å². The standard InChI is InChI=1S/C20H22N2/c21-15-17-4-1-6-19(14-17)18-11-9-16(10-12-18)5-3-13-22-20-7-2-8-20/h1,4,6,9-12,14,20,22H,2-3,5,7-8,13H2. The number of nitrogens with zero attached hydrogens (tertiary/aromatic N) is 1. The fourth-order valence-corrected chi connectivity index (χ4v) is 2.84. The largest absolute Gasteiger partial charge is 0.314 e. The second-order valence-electron chi connectivity index (χ2n) is 6.08. The van der Waals surface area contributed by atoms with Gasteiger partial charge in [0.05, 0.1) is 11.6 Å². The summed E-state index contributed by atoms with van der Waals surface area (Å²) in [5.74, 6) is 0. The van der Waals surface area contributed by atoms with E-state index >= 15 is 0 Å². The van der Waals surface area contributed by atoms with Crippen LogP contribution in [0.3, 0.4) is 0 Å². The molecule has 2 aromatic rings. The molecule has 0 heterocycles. The van der Waals surface area contributed by atoms with Crippen molar-refractivity contribution in [2.75, 3.05) is 6.54 Å². The molecule has 112 valence electrons. The van der Waals surface area contributed by atoms with Crippen molar-refractivity contribution in [2.45, 2.75) is 38.1 Å². The van der Waals surface area contributed by atoms with Crippen molar-refractivity contribution in [3.63, 3.8) is 0 Å². The lowest BCUT2D eigenvalue weighted by Gasteiger charge is -2.26. The number of rotatable bonds is 6. The van der Waals surface area contributed by atoms with Crippen molar-refractivity contribution >= 4 is 0 Å². The zero-order valence-electron chi connectivity index (χ0n) is 12.9. The minimum absolute atomic E-state index is 0.712. The molecular formula is C20H22N2. The summed E-state index contributed by atoms with van der Waals surface area (Å²) < 4.78 is 0. The van der Waals surface area contributed by atoms with Crippen LogP contribution in [0.25, 0.3) is 11.1 Å². The van der Waals surface area contributed by atoms with Crippen molar-refractivity contribution in [3.05, 3.63) is 59.7 Å². The Morgan fingerprint density at radius 3 is 2.55 bits per heavy atom. The van der Waals surface area contributed by atoms with E-state index in [9.17, 15) is 0 Å². The normalized spacial score (nSPS) is 14.3. The predicted octanol–water partition coefficient (Wildman–Crippen LogP) is 4.30. The van der Waals surface area contributed by atoms with Gasteiger partial charge in [-0.3, -0.25) is 0 Å². The topological polar surface area (TPSA) is 35.8 Å². The molecule has 0 aromatic heterocycles. The minimum Gasteiger partial charge on any atom is -0.314 e. The minimum atomic E-state index is 0.712. The zero-order chi connectivity index (χ0) is 15.2. The van der Waals surface area contributed by atoms with Gasteiger partial charge in [-0.1, -0.05) is 42.8 Å². The third-order valence-electron chi connectivity index (χ3n) is 4.46. The Morgan fingerprint density at radius 1 is 1.05 bits per heavy atom. The Kier molecular flexibility index (Phi) is 4.88. The number of aryl methyl sites for hydroxylation is 1. The first-order valence-corrected chi connectivity index (χ1v) is 8.18. The molecule has 1 fully saturated rings. The van der Waals surface area contributed by atoms with Crippen LogP contribution in [0.4, 0.5) is 0 Å². The van der Waals surface area contributed by atoms with E-state index in [0.717, 1.165) is 24.6 Å². The molecule has 22 heavy (non-hydrogen) atoms. The third-order valence-corrected chi connectivity index (χ3v) is 4.46. The summed E-state index contributed by atoms with van der Waals surface area (Å²) in [6, 6.07) is 19.5. The Balaban J connectivity index is 1.54. The quantitative estimate of drug-likeness (QED) is 0.805. The molecule has 2 nitrogen and oxygen atoms in total. The highest BCUT2D eigenvalue weighted by atomic mass is 14.9. The molecule has 0 unspecified atom stereocenters. The van der Waals surface area contributed by atoms with E-state index in [1.807, 2.05) is 18.2 Å². The van der Waals surface area contributed by atoms with Gasteiger partial charge in [-0.15, -0.1) is 0 Å². The van der Waals surface area contributed by atoms with E-state index in [0.29, 0.717) is 5.56 Å². The summed E-state index contributed by atoms with van der Waals surface area (Å²) in [7, 11) is 0. The Labute approximate surface area is 132 Å². The van der Waals surface area contributed by atoms with Crippen LogP contribution < -0.4 is 5.32 Å². The SMILES string of the molecule is N#Cc1cccc(-c2ccc(CCCNC3CCC3)cc2)c1. The molecule has 2 aromatic carbocycles. The molecule has 0 bridgehead atoms. The zero-order valence-corrected chi connectivity index (χ0v) is 12.9. The first kappa shape index (κ1) is 14.8. The maximum Gasteiger partial charge on any atom is 0.0991 e. The predicted molar refractivity (Wildman–Crippen MR) is 90.6 cm³/mol. The van der Waals surface area contributed by atoms with Crippen molar-refractivity contribution in [1.29, 1.82) is 5.26 Å². The molecule has 0 aliphatic heterocycles. The molecule has 1 aliphatic carbocycles. The lowest BCUT2D eigenvalue weighted by molar-refractivity contribution is 0.339. The van der Waals surface area contributed by atoms with E-state index in [1.165, 1.54) is 36.8 Å². The van der Waals surface area contributed by atoms with Gasteiger partial charge < -0.3 is 5.32 Å². The average Bonchev–Trinajstić information content (AvgIpc) is 2.53. The average molecular weight is 290 g/mol. The summed E-state index contributed by atoms with van der Waals surface area (Å²) in [4.78, 5) is 0. The molecule has 3 rings (SSSR count). The molecule has 0 radical (unpaired) electrons. The second kappa shape index (κ2) is 7.24. The Morgan fingerprint density at radius 2 is 1.86 bits per heavy atom. The summed E-state index contributed by atoms with van der Waals surface area (Å²) in [5.41, 5.74) is 4.38. The second-order valence-corrected chi connectivity index (χ2v) is 6.08. The van der Waals surface area contributed by atoms with E-state index in [2.05, 4.69) is 41.7 Å². The molecule has 1 aliphatic rings. The number of nitriles is 1. The van der Waals surface area contributed by atoms with Gasteiger partial charge in [0.1, 0.15) is 0 Å². The van der Waals surface area contributed by atoms with Gasteiger partial charge in [0.25, 0.3) is 0 Å². The van der Waals surface area contributed by atoms with Gasteiger partial charge in [-0.05, 0) is 61.1 Å². The van der Waals surface area contributed by atoms with Crippen LogP contribution in [0.15, 0.2) is 48.5 Å². The van der Waals surface area contributed by atoms with E-state index in [-0.39, 0.29) is 0 Å². The molecule has 0 saturated heterocycles. The first-order chi connectivity index (χ1) is 10.8. The van der Waals surface area contributed by atoms with Crippen LogP contribution in [-0.4, -0.2) is 12.6 Å². The molecule has 1 N–H and O–H groups in total. The van der Waals surface area contributed by atoms with Crippen molar-refractivity contribution in [3.8, 4) is 17.2 Å². The fourth-order valence-electron chi connectivity index (χ4n) is 2.84. The Bertz CT molecular complexity index is 648. The van der Waals surface area contributed by atoms with Gasteiger partial charge in [0.15, 0.2) is 0 Å². The fraction of sp³-hybridized carbons (Fsp3) is 0.350. The molecular weight excluding hydrogens is 268 g/mol. The van der Waals surface area contributed by atoms with Crippen LogP contribution >= 0.6 is 0 Å². The molecule has 0 spiro atoms. The van der Waals surface area contributed by atoms with Crippen LogP contribution in [-0.2, 0) is 6.42 Å². The maximum atomic E-state index is 8.98. The van der Waals surface area contributed by atoms with Gasteiger partial charge in [0.2, 0.25) is 0 Å². The Hall–Kier alpha value is -2.11. The van der Waals surface area contributed by atoms with Crippen LogP contribution in [0.2, 0.25) is 0 Å². The van der Waals surface area contributed by atoms with Crippen molar-refractivity contribution in [2.24, 2.45) is 0 Å². The van der Waals surface area contributed by atoms with Crippen LogP contribution in [0.5, 0.6) is 0 Å². The van der Waals surface area contributed by atoms with Crippen LogP contribution in [0.1, 0.15) is 36.8 Å². The lowest BCUT2D eigenvalue weighted by Crippen LogP contribution is -2.35. The number of hydrogen-bond acceptors (Lipinski definition) is 2. The van der Waals surface area contributed by atoms with Gasteiger partial charge in [-0.25, -0.2) is 0 Å². The summed E-state index contributed by atoms with van der Waals surface area (Å²) in [6.07, 6.45) is 6.43. The first-order valence-electron chi connectivity index (χ1n) is 8.18. The maximum absolute atomic E-state index is 8.98. The summed E-state index contributed by atoms with van der Waals surface area (Å²) in [5, 5.41) is 12.6. The smallest absolute Gasteiger partial charge is 0.0991 e. The van der Waals surface area contributed by atoms with Gasteiger partial charge in [-0.2, -0.15) is 5.26 Å². The summed E-state index contributed by atoms with van der Waals surface area (Å²) >= 11 is 0. The van der Waals surface area contributed by atoms with E-state index in [1.54, 1.807) is 0 Å².